The third-order valence-corrected chi connectivity index (χ3v) is 6.26. The number of hydrogen-bond acceptors (Lipinski definition) is 4. The molecule has 0 saturated carbocycles. The van der Waals surface area contributed by atoms with E-state index in [0.29, 0.717) is 5.92 Å². The molecule has 0 aliphatic carbocycles. The maximum absolute atomic E-state index is 4.54. The molecule has 0 spiro atoms. The minimum atomic E-state index is 0.503. The van der Waals surface area contributed by atoms with E-state index in [-0.39, 0.29) is 0 Å². The molecule has 0 amide bonds. The van der Waals surface area contributed by atoms with Gasteiger partial charge in [-0.25, -0.2) is 9.97 Å². The van der Waals surface area contributed by atoms with Crippen molar-refractivity contribution in [3.8, 4) is 22.3 Å². The van der Waals surface area contributed by atoms with Crippen LogP contribution in [0.3, 0.4) is 0 Å². The van der Waals surface area contributed by atoms with Gasteiger partial charge in [0.15, 0.2) is 5.01 Å². The number of H-pyrrole nitrogens is 1. The van der Waals surface area contributed by atoms with E-state index in [2.05, 4.69) is 63.0 Å². The van der Waals surface area contributed by atoms with E-state index >= 15 is 0 Å². The van der Waals surface area contributed by atoms with Gasteiger partial charge in [-0.1, -0.05) is 18.1 Å². The van der Waals surface area contributed by atoms with Crippen LogP contribution in [0.25, 0.3) is 32.2 Å². The number of piperidine rings is 1. The number of rotatable bonds is 1. The van der Waals surface area contributed by atoms with E-state index in [0.717, 1.165) is 52.2 Å². The standard InChI is InChI=1S/C22H20N4S/c1-26-10-7-15(8-11-26)2-5-21-24-14-20(27-21)16-3-4-17-13-25-22-18(6-9-23-22)19(17)12-16/h3-4,6,9,12-15H,7-8,10-11H2,1H3,(H,23,25). The lowest BCUT2D eigenvalue weighted by molar-refractivity contribution is 0.248. The molecule has 3 aromatic heterocycles. The quantitative estimate of drug-likeness (QED) is 0.499. The van der Waals surface area contributed by atoms with Crippen molar-refractivity contribution in [2.45, 2.75) is 12.8 Å². The largest absolute Gasteiger partial charge is 0.346 e. The second kappa shape index (κ2) is 6.80. The van der Waals surface area contributed by atoms with Crippen molar-refractivity contribution in [3.05, 3.63) is 47.9 Å². The van der Waals surface area contributed by atoms with Gasteiger partial charge in [-0.05, 0) is 62.0 Å². The van der Waals surface area contributed by atoms with Crippen LogP contribution in [0.4, 0.5) is 0 Å². The number of aromatic amines is 1. The molecule has 0 radical (unpaired) electrons. The maximum Gasteiger partial charge on any atom is 0.167 e. The summed E-state index contributed by atoms with van der Waals surface area (Å²) in [5.74, 6) is 7.24. The van der Waals surface area contributed by atoms with Crippen LogP contribution >= 0.6 is 11.3 Å². The Bertz CT molecular complexity index is 1170. The Morgan fingerprint density at radius 2 is 2.00 bits per heavy atom. The molecule has 1 aliphatic rings. The van der Waals surface area contributed by atoms with Crippen molar-refractivity contribution in [1.29, 1.82) is 0 Å². The van der Waals surface area contributed by atoms with Gasteiger partial charge in [-0.2, -0.15) is 0 Å². The zero-order chi connectivity index (χ0) is 18.2. The lowest BCUT2D eigenvalue weighted by atomic mass is 9.98. The summed E-state index contributed by atoms with van der Waals surface area (Å²) in [5, 5.41) is 4.43. The average Bonchev–Trinajstić information content (AvgIpc) is 3.37. The fourth-order valence-corrected chi connectivity index (χ4v) is 4.43. The Kier molecular flexibility index (Phi) is 4.16. The number of fused-ring (bicyclic) bond motifs is 3. The molecule has 0 unspecified atom stereocenters. The van der Waals surface area contributed by atoms with Crippen LogP contribution in [0.15, 0.2) is 42.9 Å². The van der Waals surface area contributed by atoms with Gasteiger partial charge >= 0.3 is 0 Å². The molecule has 4 heterocycles. The SMILES string of the molecule is CN1CCC(C#Cc2ncc(-c3ccc4cnc5[nH]ccc5c4c3)s2)CC1. The third kappa shape index (κ3) is 3.23. The average molecular weight is 372 g/mol. The molecule has 1 aromatic carbocycles. The molecular weight excluding hydrogens is 352 g/mol. The smallest absolute Gasteiger partial charge is 0.167 e. The van der Waals surface area contributed by atoms with Crippen LogP contribution in [-0.2, 0) is 0 Å². The first-order chi connectivity index (χ1) is 13.3. The van der Waals surface area contributed by atoms with E-state index in [1.807, 2.05) is 18.6 Å². The lowest BCUT2D eigenvalue weighted by Gasteiger charge is -2.25. The van der Waals surface area contributed by atoms with Gasteiger partial charge in [0.05, 0.1) is 4.88 Å². The van der Waals surface area contributed by atoms with Gasteiger partial charge in [-0.15, -0.1) is 11.3 Å². The van der Waals surface area contributed by atoms with Crippen molar-refractivity contribution < 1.29 is 0 Å². The molecule has 4 nitrogen and oxygen atoms in total. The summed E-state index contributed by atoms with van der Waals surface area (Å²) in [6, 6.07) is 8.59. The Labute approximate surface area is 162 Å². The minimum absolute atomic E-state index is 0.503. The molecule has 1 aliphatic heterocycles. The highest BCUT2D eigenvalue weighted by molar-refractivity contribution is 7.15. The predicted molar refractivity (Wildman–Crippen MR) is 112 cm³/mol. The summed E-state index contributed by atoms with van der Waals surface area (Å²) in [6.07, 6.45) is 8.12. The maximum atomic E-state index is 4.54. The number of aromatic nitrogens is 3. The number of nitrogens with zero attached hydrogens (tertiary/aromatic N) is 3. The number of pyridine rings is 1. The summed E-state index contributed by atoms with van der Waals surface area (Å²) < 4.78 is 0. The van der Waals surface area contributed by atoms with Crippen molar-refractivity contribution in [1.82, 2.24) is 19.9 Å². The molecular formula is C22H20N4S. The van der Waals surface area contributed by atoms with Gasteiger partial charge in [0.25, 0.3) is 0 Å². The molecule has 5 heteroatoms. The first-order valence-electron chi connectivity index (χ1n) is 9.28. The minimum Gasteiger partial charge on any atom is -0.346 e. The molecule has 1 N–H and O–H groups in total. The summed E-state index contributed by atoms with van der Waals surface area (Å²) in [4.78, 5) is 15.7. The number of likely N-dealkylation sites (tertiary alicyclic amines) is 1. The number of nitrogens with one attached hydrogen (secondary N) is 1. The number of thiazole rings is 1. The van der Waals surface area contributed by atoms with E-state index in [4.69, 9.17) is 0 Å². The van der Waals surface area contributed by atoms with E-state index in [1.54, 1.807) is 11.3 Å². The Hall–Kier alpha value is -2.68. The molecule has 0 atom stereocenters. The summed E-state index contributed by atoms with van der Waals surface area (Å²) in [6.45, 7) is 2.28. The summed E-state index contributed by atoms with van der Waals surface area (Å²) >= 11 is 1.67. The monoisotopic (exact) mass is 372 g/mol. The second-order valence-electron chi connectivity index (χ2n) is 7.18. The third-order valence-electron chi connectivity index (χ3n) is 5.29. The topological polar surface area (TPSA) is 44.8 Å². The first-order valence-corrected chi connectivity index (χ1v) is 10.1. The second-order valence-corrected chi connectivity index (χ2v) is 8.21. The fraction of sp³-hybridized carbons (Fsp3) is 0.273. The van der Waals surface area contributed by atoms with Crippen LogP contribution in [0.2, 0.25) is 0 Å². The summed E-state index contributed by atoms with van der Waals surface area (Å²) in [7, 11) is 2.18. The fourth-order valence-electron chi connectivity index (χ4n) is 3.66. The predicted octanol–water partition coefficient (Wildman–Crippen LogP) is 4.53. The van der Waals surface area contributed by atoms with Gasteiger partial charge in [-0.3, -0.25) is 0 Å². The zero-order valence-corrected chi connectivity index (χ0v) is 16.0. The van der Waals surface area contributed by atoms with Gasteiger partial charge in [0.1, 0.15) is 5.65 Å². The van der Waals surface area contributed by atoms with Crippen molar-refractivity contribution in [2.75, 3.05) is 20.1 Å². The van der Waals surface area contributed by atoms with Gasteiger partial charge in [0.2, 0.25) is 0 Å². The van der Waals surface area contributed by atoms with Crippen LogP contribution in [0.1, 0.15) is 17.8 Å². The Morgan fingerprint density at radius 3 is 2.89 bits per heavy atom. The van der Waals surface area contributed by atoms with Gasteiger partial charge < -0.3 is 9.88 Å². The highest BCUT2D eigenvalue weighted by Crippen LogP contribution is 2.31. The zero-order valence-electron chi connectivity index (χ0n) is 15.2. The van der Waals surface area contributed by atoms with Crippen LogP contribution < -0.4 is 0 Å². The highest BCUT2D eigenvalue weighted by Gasteiger charge is 2.14. The molecule has 5 rings (SSSR count). The van der Waals surface area contributed by atoms with Crippen molar-refractivity contribution in [3.63, 3.8) is 0 Å². The first kappa shape index (κ1) is 16.5. The molecule has 134 valence electrons. The van der Waals surface area contributed by atoms with Crippen molar-refractivity contribution >= 4 is 33.1 Å². The molecule has 0 bridgehead atoms. The van der Waals surface area contributed by atoms with E-state index in [9.17, 15) is 0 Å². The number of benzene rings is 1. The summed E-state index contributed by atoms with van der Waals surface area (Å²) in [5.41, 5.74) is 2.11. The molecule has 4 aromatic rings. The normalized spacial score (nSPS) is 15.9. The van der Waals surface area contributed by atoms with E-state index in [1.165, 1.54) is 10.9 Å². The molecule has 27 heavy (non-hydrogen) atoms. The van der Waals surface area contributed by atoms with E-state index < -0.39 is 0 Å². The lowest BCUT2D eigenvalue weighted by Crippen LogP contribution is -2.29. The molecule has 1 saturated heterocycles. The van der Waals surface area contributed by atoms with Crippen molar-refractivity contribution in [2.24, 2.45) is 5.92 Å². The highest BCUT2D eigenvalue weighted by atomic mass is 32.1. The Balaban J connectivity index is 1.44. The van der Waals surface area contributed by atoms with Crippen LogP contribution in [-0.4, -0.2) is 40.0 Å². The number of hydrogen-bond donors (Lipinski definition) is 1. The van der Waals surface area contributed by atoms with Gasteiger partial charge in [0, 0.05) is 35.3 Å². The van der Waals surface area contributed by atoms with Crippen LogP contribution in [0.5, 0.6) is 0 Å². The van der Waals surface area contributed by atoms with Crippen LogP contribution in [0, 0.1) is 17.8 Å². The molecule has 1 fully saturated rings. The Morgan fingerprint density at radius 1 is 1.11 bits per heavy atom.